The van der Waals surface area contributed by atoms with Crippen molar-refractivity contribution in [2.75, 3.05) is 25.1 Å². The van der Waals surface area contributed by atoms with Crippen molar-refractivity contribution >= 4 is 11.8 Å². The quantitative estimate of drug-likeness (QED) is 0.665. The third-order valence-electron chi connectivity index (χ3n) is 2.45. The number of hydrogen-bond donors (Lipinski definition) is 1. The molecule has 2 atom stereocenters. The summed E-state index contributed by atoms with van der Waals surface area (Å²) in [6, 6.07) is 0.727. The fourth-order valence-corrected chi connectivity index (χ4v) is 2.84. The average molecular weight is 198 g/mol. The second-order valence-corrected chi connectivity index (χ2v) is 4.57. The Morgan fingerprint density at radius 1 is 1.69 bits per heavy atom. The molecule has 1 aliphatic rings. The minimum absolute atomic E-state index is 0.213. The number of rotatable bonds is 2. The fraction of sp³-hybridized carbons (Fsp3) is 0.800. The lowest BCUT2D eigenvalue weighted by molar-refractivity contribution is 0.237. The van der Waals surface area contributed by atoms with Crippen LogP contribution in [-0.2, 0) is 0 Å². The predicted octanol–water partition coefficient (Wildman–Crippen LogP) is 0.774. The Kier molecular flexibility index (Phi) is 4.65. The molecule has 0 amide bonds. The van der Waals surface area contributed by atoms with E-state index in [-0.39, 0.29) is 6.04 Å². The fourth-order valence-electron chi connectivity index (χ4n) is 1.51. The normalized spacial score (nSPS) is 26.2. The highest BCUT2D eigenvalue weighted by Gasteiger charge is 2.24. The Balaban J connectivity index is 2.41. The first-order chi connectivity index (χ1) is 6.25. The lowest BCUT2D eigenvalue weighted by atomic mass is 10.1. The van der Waals surface area contributed by atoms with E-state index in [0.29, 0.717) is 6.04 Å². The van der Waals surface area contributed by atoms with Crippen LogP contribution in [0.4, 0.5) is 0 Å². The Bertz CT molecular complexity index is 207. The molecular weight excluding hydrogens is 180 g/mol. The van der Waals surface area contributed by atoms with Crippen LogP contribution in [0.15, 0.2) is 0 Å². The molecule has 0 aromatic heterocycles. The zero-order valence-corrected chi connectivity index (χ0v) is 9.23. The Morgan fingerprint density at radius 3 is 3.08 bits per heavy atom. The molecule has 0 aromatic rings. The van der Waals surface area contributed by atoms with Gasteiger partial charge in [-0.3, -0.25) is 0 Å². The zero-order valence-electron chi connectivity index (χ0n) is 8.42. The first-order valence-corrected chi connectivity index (χ1v) is 5.84. The molecule has 1 fully saturated rings. The van der Waals surface area contributed by atoms with E-state index in [9.17, 15) is 0 Å². The standard InChI is InChI=1S/C10H18N2S/c1-3-4-5-9(11)10-8-13-7-6-12(10)2/h9-10H,5-8,11H2,1-2H3. The highest BCUT2D eigenvalue weighted by Crippen LogP contribution is 2.17. The van der Waals surface area contributed by atoms with E-state index in [0.717, 1.165) is 18.7 Å². The van der Waals surface area contributed by atoms with Gasteiger partial charge >= 0.3 is 0 Å². The van der Waals surface area contributed by atoms with Crippen LogP contribution in [0.5, 0.6) is 0 Å². The van der Waals surface area contributed by atoms with Gasteiger partial charge in [-0.15, -0.1) is 11.8 Å². The molecule has 2 nitrogen and oxygen atoms in total. The van der Waals surface area contributed by atoms with Crippen LogP contribution in [-0.4, -0.2) is 42.1 Å². The van der Waals surface area contributed by atoms with Gasteiger partial charge in [0.05, 0.1) is 0 Å². The molecule has 1 aliphatic heterocycles. The SMILES string of the molecule is CC#CCC(N)C1CSCCN1C. The summed E-state index contributed by atoms with van der Waals surface area (Å²) < 4.78 is 0. The van der Waals surface area contributed by atoms with Crippen LogP contribution in [0.2, 0.25) is 0 Å². The first kappa shape index (κ1) is 10.9. The Hall–Kier alpha value is -0.170. The lowest BCUT2D eigenvalue weighted by Crippen LogP contribution is -2.50. The molecule has 0 saturated carbocycles. The van der Waals surface area contributed by atoms with Gasteiger partial charge < -0.3 is 10.6 Å². The average Bonchev–Trinajstić information content (AvgIpc) is 2.15. The van der Waals surface area contributed by atoms with Crippen molar-refractivity contribution in [3.63, 3.8) is 0 Å². The minimum atomic E-state index is 0.213. The summed E-state index contributed by atoms with van der Waals surface area (Å²) >= 11 is 2.00. The number of nitrogens with two attached hydrogens (primary N) is 1. The summed E-state index contributed by atoms with van der Waals surface area (Å²) in [6.07, 6.45) is 0.825. The maximum atomic E-state index is 6.07. The number of thioether (sulfide) groups is 1. The molecule has 0 aromatic carbocycles. The molecule has 3 heteroatoms. The van der Waals surface area contributed by atoms with Gasteiger partial charge in [-0.25, -0.2) is 0 Å². The van der Waals surface area contributed by atoms with Crippen molar-refractivity contribution in [2.45, 2.75) is 25.4 Å². The Morgan fingerprint density at radius 2 is 2.46 bits per heavy atom. The summed E-state index contributed by atoms with van der Waals surface area (Å²) in [5.41, 5.74) is 6.07. The van der Waals surface area contributed by atoms with Crippen LogP contribution in [0.1, 0.15) is 13.3 Å². The van der Waals surface area contributed by atoms with Crippen LogP contribution in [0, 0.1) is 11.8 Å². The number of likely N-dealkylation sites (N-methyl/N-ethyl adjacent to an activating group) is 1. The molecule has 0 aliphatic carbocycles. The van der Waals surface area contributed by atoms with Crippen molar-refractivity contribution in [3.05, 3.63) is 0 Å². The molecule has 1 rings (SSSR count). The van der Waals surface area contributed by atoms with Crippen molar-refractivity contribution in [1.82, 2.24) is 4.90 Å². The van der Waals surface area contributed by atoms with Crippen molar-refractivity contribution < 1.29 is 0 Å². The lowest BCUT2D eigenvalue weighted by Gasteiger charge is -2.35. The van der Waals surface area contributed by atoms with Crippen molar-refractivity contribution in [1.29, 1.82) is 0 Å². The second kappa shape index (κ2) is 5.54. The number of hydrogen-bond acceptors (Lipinski definition) is 3. The van der Waals surface area contributed by atoms with Crippen LogP contribution in [0.25, 0.3) is 0 Å². The van der Waals surface area contributed by atoms with Gasteiger partial charge in [-0.2, -0.15) is 11.8 Å². The minimum Gasteiger partial charge on any atom is -0.325 e. The van der Waals surface area contributed by atoms with Crippen molar-refractivity contribution in [2.24, 2.45) is 5.73 Å². The molecular formula is C10H18N2S. The zero-order chi connectivity index (χ0) is 9.68. The van der Waals surface area contributed by atoms with E-state index in [2.05, 4.69) is 23.8 Å². The van der Waals surface area contributed by atoms with Gasteiger partial charge in [0.25, 0.3) is 0 Å². The molecule has 2 N–H and O–H groups in total. The van der Waals surface area contributed by atoms with E-state index >= 15 is 0 Å². The summed E-state index contributed by atoms with van der Waals surface area (Å²) in [5.74, 6) is 8.34. The molecule has 0 radical (unpaired) electrons. The monoisotopic (exact) mass is 198 g/mol. The predicted molar refractivity (Wildman–Crippen MR) is 59.8 cm³/mol. The van der Waals surface area contributed by atoms with Crippen LogP contribution >= 0.6 is 11.8 Å². The largest absolute Gasteiger partial charge is 0.325 e. The van der Waals surface area contributed by atoms with E-state index < -0.39 is 0 Å². The smallest absolute Gasteiger partial charge is 0.0344 e. The molecule has 0 bridgehead atoms. The summed E-state index contributed by atoms with van der Waals surface area (Å²) in [4.78, 5) is 2.36. The van der Waals surface area contributed by atoms with Gasteiger partial charge in [-0.1, -0.05) is 0 Å². The van der Waals surface area contributed by atoms with Gasteiger partial charge in [0, 0.05) is 36.6 Å². The maximum Gasteiger partial charge on any atom is 0.0344 e. The molecule has 74 valence electrons. The Labute approximate surface area is 85.2 Å². The highest BCUT2D eigenvalue weighted by molar-refractivity contribution is 7.99. The summed E-state index contributed by atoms with van der Waals surface area (Å²) in [6.45, 7) is 3.02. The molecule has 1 heterocycles. The van der Waals surface area contributed by atoms with E-state index in [4.69, 9.17) is 5.73 Å². The third-order valence-corrected chi connectivity index (χ3v) is 3.50. The number of nitrogens with zero attached hydrogens (tertiary/aromatic N) is 1. The van der Waals surface area contributed by atoms with E-state index in [1.54, 1.807) is 0 Å². The second-order valence-electron chi connectivity index (χ2n) is 3.42. The van der Waals surface area contributed by atoms with Crippen LogP contribution in [0.3, 0.4) is 0 Å². The van der Waals surface area contributed by atoms with E-state index in [1.807, 2.05) is 18.7 Å². The van der Waals surface area contributed by atoms with Crippen molar-refractivity contribution in [3.8, 4) is 11.8 Å². The first-order valence-electron chi connectivity index (χ1n) is 4.69. The van der Waals surface area contributed by atoms with Gasteiger partial charge in [0.15, 0.2) is 0 Å². The van der Waals surface area contributed by atoms with Gasteiger partial charge in [0.1, 0.15) is 0 Å². The maximum absolute atomic E-state index is 6.07. The van der Waals surface area contributed by atoms with Gasteiger partial charge in [-0.05, 0) is 14.0 Å². The topological polar surface area (TPSA) is 29.3 Å². The molecule has 1 saturated heterocycles. The molecule has 13 heavy (non-hydrogen) atoms. The summed E-state index contributed by atoms with van der Waals surface area (Å²) in [5, 5.41) is 0. The van der Waals surface area contributed by atoms with Gasteiger partial charge in [0.2, 0.25) is 0 Å². The molecule has 0 spiro atoms. The third kappa shape index (κ3) is 3.22. The highest BCUT2D eigenvalue weighted by atomic mass is 32.2. The molecule has 2 unspecified atom stereocenters. The van der Waals surface area contributed by atoms with E-state index in [1.165, 1.54) is 5.75 Å². The van der Waals surface area contributed by atoms with Crippen LogP contribution < -0.4 is 5.73 Å². The summed E-state index contributed by atoms with van der Waals surface area (Å²) in [7, 11) is 2.16.